The van der Waals surface area contributed by atoms with Crippen molar-refractivity contribution in [2.24, 2.45) is 0 Å². The van der Waals surface area contributed by atoms with Crippen LogP contribution < -0.4 is 18.9 Å². The second kappa shape index (κ2) is 32.2. The highest BCUT2D eigenvalue weighted by Crippen LogP contribution is 2.48. The summed E-state index contributed by atoms with van der Waals surface area (Å²) in [6.07, 6.45) is -9.15. The van der Waals surface area contributed by atoms with Crippen molar-refractivity contribution in [3.05, 3.63) is 81.9 Å². The summed E-state index contributed by atoms with van der Waals surface area (Å²) in [5, 5.41) is 0. The van der Waals surface area contributed by atoms with E-state index in [0.29, 0.717) is 25.7 Å². The van der Waals surface area contributed by atoms with Crippen LogP contribution in [0.1, 0.15) is 221 Å². The van der Waals surface area contributed by atoms with E-state index in [2.05, 4.69) is 13.8 Å². The fourth-order valence-electron chi connectivity index (χ4n) is 8.94. The van der Waals surface area contributed by atoms with Gasteiger partial charge in [-0.1, -0.05) is 174 Å². The number of benzene rings is 3. The number of unbranched alkanes of at least 4 members (excludes halogenated alkanes) is 25. The van der Waals surface area contributed by atoms with Crippen molar-refractivity contribution >= 4 is 13.0 Å². The van der Waals surface area contributed by atoms with Gasteiger partial charge in [0.25, 0.3) is 0 Å². The minimum absolute atomic E-state index is 0.00796. The van der Waals surface area contributed by atoms with Gasteiger partial charge in [0, 0.05) is 13.1 Å². The molecule has 3 rings (SSSR count). The maximum atomic E-state index is 15.3. The molecule has 23 heteroatoms. The number of nitrogens with zero attached hydrogens (tertiary/aromatic N) is 1. The molecule has 0 saturated heterocycles. The van der Waals surface area contributed by atoms with Crippen LogP contribution in [0.25, 0.3) is 0 Å². The Kier molecular flexibility index (Phi) is 28.0. The van der Waals surface area contributed by atoms with Crippen molar-refractivity contribution in [3.63, 3.8) is 0 Å². The minimum Gasteiger partial charge on any atom is -0.490 e. The molecule has 0 aliphatic carbocycles. The van der Waals surface area contributed by atoms with Gasteiger partial charge in [0.1, 0.15) is 17.2 Å². The highest BCUT2D eigenvalue weighted by atomic mass is 19.4. The number of halogens is 18. The molecule has 0 saturated carbocycles. The van der Waals surface area contributed by atoms with Gasteiger partial charge in [-0.15, -0.1) is 0 Å². The molecule has 0 heterocycles. The highest BCUT2D eigenvalue weighted by Gasteiger charge is 2.45. The molecular weight excluding hydrogens is 1080 g/mol. The van der Waals surface area contributed by atoms with E-state index in [4.69, 9.17) is 14.0 Å². The number of alkyl halides is 18. The lowest BCUT2D eigenvalue weighted by atomic mass is 10.0. The third-order valence-corrected chi connectivity index (χ3v) is 13.1. The molecule has 3 aromatic rings. The summed E-state index contributed by atoms with van der Waals surface area (Å²) in [4.78, 5) is 1.05. The molecule has 0 N–H and O–H groups in total. The van der Waals surface area contributed by atoms with Crippen LogP contribution in [0.15, 0.2) is 48.5 Å². The molecular formula is C55H72BF18NO3. The summed E-state index contributed by atoms with van der Waals surface area (Å²) in [6, 6.07) is -1.57. The van der Waals surface area contributed by atoms with E-state index in [1.807, 2.05) is 0 Å². The summed E-state index contributed by atoms with van der Waals surface area (Å²) >= 11 is 0. The smallest absolute Gasteiger partial charge is 0.490 e. The number of hydrogen-bond acceptors (Lipinski definition) is 4. The van der Waals surface area contributed by atoms with Gasteiger partial charge in [0.15, 0.2) is 0 Å². The average Bonchev–Trinajstić information content (AvgIpc) is 3.38. The Labute approximate surface area is 446 Å². The first-order chi connectivity index (χ1) is 36.4. The summed E-state index contributed by atoms with van der Waals surface area (Å²) in [5.74, 6) is -4.62. The second-order valence-corrected chi connectivity index (χ2v) is 19.8. The van der Waals surface area contributed by atoms with Gasteiger partial charge in [-0.25, -0.2) is 0 Å². The summed E-state index contributed by atoms with van der Waals surface area (Å²) in [5.41, 5.74) is -13.5. The van der Waals surface area contributed by atoms with Gasteiger partial charge < -0.3 is 18.9 Å². The standard InChI is InChI=1S/C55H72BF18NO3/c1-3-5-7-9-11-13-15-16-17-18-19-21-23-25-27-29-31-75(30-28-26-24-22-20-14-12-10-8-6-4-2)49-47(55(72,73)74)38-44(54(69,70)71)39-48(49)78-56(76-45-34-40(50(57,58)59)32-41(35-45)51(60,61)62)77-46-36-42(52(63,64)65)33-43(37-46)53(66,67)68/h32-39H,3-31H2,1-2H3. The zero-order valence-corrected chi connectivity index (χ0v) is 44.2. The van der Waals surface area contributed by atoms with Crippen molar-refractivity contribution in [2.45, 2.75) is 224 Å². The predicted octanol–water partition coefficient (Wildman–Crippen LogP) is 21.7. The number of anilines is 1. The SMILES string of the molecule is CCCCCCCCCCCCCCCCCCN(CCCCCCCCCCCCC)c1c(OB(Oc2cc(C(F)(F)F)cc(C(F)(F)F)c2)Oc2cc(C(F)(F)F)cc(C(F)(F)F)c2)cc(C(F)(F)F)cc1C(F)(F)F. The maximum Gasteiger partial charge on any atom is 0.864 e. The third kappa shape index (κ3) is 25.4. The molecule has 0 bridgehead atoms. The van der Waals surface area contributed by atoms with Crippen molar-refractivity contribution in [3.8, 4) is 17.2 Å². The van der Waals surface area contributed by atoms with E-state index in [1.165, 1.54) is 38.5 Å². The average molecular weight is 1150 g/mol. The van der Waals surface area contributed by atoms with Crippen molar-refractivity contribution in [1.82, 2.24) is 0 Å². The molecule has 0 aliphatic heterocycles. The summed E-state index contributed by atoms with van der Waals surface area (Å²) in [6.45, 7) is 3.69. The van der Waals surface area contributed by atoms with Crippen LogP contribution in [-0.2, 0) is 37.1 Å². The zero-order chi connectivity index (χ0) is 58.2. The normalized spacial score (nSPS) is 12.8. The molecule has 0 fully saturated rings. The number of hydrogen-bond donors (Lipinski definition) is 0. The molecule has 4 nitrogen and oxygen atoms in total. The van der Waals surface area contributed by atoms with Crippen LogP contribution >= 0.6 is 0 Å². The third-order valence-electron chi connectivity index (χ3n) is 13.1. The largest absolute Gasteiger partial charge is 0.864 e. The van der Waals surface area contributed by atoms with E-state index in [-0.39, 0.29) is 62.3 Å². The Morgan fingerprint density at radius 1 is 0.308 bits per heavy atom. The van der Waals surface area contributed by atoms with E-state index in [1.54, 1.807) is 0 Å². The Morgan fingerprint density at radius 2 is 0.564 bits per heavy atom. The van der Waals surface area contributed by atoms with Gasteiger partial charge in [-0.05, 0) is 61.4 Å². The zero-order valence-electron chi connectivity index (χ0n) is 44.2. The Morgan fingerprint density at radius 3 is 0.821 bits per heavy atom. The Balaban J connectivity index is 2.11. The van der Waals surface area contributed by atoms with Gasteiger partial charge in [-0.2, -0.15) is 79.0 Å². The molecule has 0 spiro atoms. The predicted molar refractivity (Wildman–Crippen MR) is 265 cm³/mol. The first-order valence-corrected chi connectivity index (χ1v) is 27.1. The molecule has 0 aromatic heterocycles. The molecule has 0 radical (unpaired) electrons. The molecule has 444 valence electrons. The van der Waals surface area contributed by atoms with Gasteiger partial charge in [0.05, 0.1) is 39.1 Å². The fourth-order valence-corrected chi connectivity index (χ4v) is 8.94. The summed E-state index contributed by atoms with van der Waals surface area (Å²) in [7, 11) is -3.28. The first kappa shape index (κ1) is 67.9. The summed E-state index contributed by atoms with van der Waals surface area (Å²) < 4.78 is 273. The van der Waals surface area contributed by atoms with Gasteiger partial charge in [-0.3, -0.25) is 0 Å². The monoisotopic (exact) mass is 1150 g/mol. The van der Waals surface area contributed by atoms with Gasteiger partial charge in [0.2, 0.25) is 0 Å². The molecule has 3 aromatic carbocycles. The van der Waals surface area contributed by atoms with Crippen molar-refractivity contribution in [2.75, 3.05) is 18.0 Å². The molecule has 0 unspecified atom stereocenters. The Hall–Kier alpha value is -4.34. The lowest BCUT2D eigenvalue weighted by molar-refractivity contribution is -0.144. The van der Waals surface area contributed by atoms with E-state index < -0.39 is 113 Å². The maximum absolute atomic E-state index is 15.3. The van der Waals surface area contributed by atoms with E-state index in [0.717, 1.165) is 101 Å². The second-order valence-electron chi connectivity index (χ2n) is 19.8. The molecule has 0 amide bonds. The topological polar surface area (TPSA) is 30.9 Å². The van der Waals surface area contributed by atoms with Crippen molar-refractivity contribution < 1.29 is 93.0 Å². The Bertz CT molecular complexity index is 2030. The van der Waals surface area contributed by atoms with Crippen LogP contribution in [0, 0.1) is 0 Å². The quantitative estimate of drug-likeness (QED) is 0.0330. The molecule has 0 aliphatic rings. The van der Waals surface area contributed by atoms with Crippen LogP contribution in [0.5, 0.6) is 17.2 Å². The van der Waals surface area contributed by atoms with Crippen LogP contribution in [-0.4, -0.2) is 20.4 Å². The van der Waals surface area contributed by atoms with Crippen LogP contribution in [0.4, 0.5) is 84.7 Å². The van der Waals surface area contributed by atoms with Crippen molar-refractivity contribution in [1.29, 1.82) is 0 Å². The van der Waals surface area contributed by atoms with Crippen LogP contribution in [0.2, 0.25) is 0 Å². The highest BCUT2D eigenvalue weighted by molar-refractivity contribution is 6.39. The van der Waals surface area contributed by atoms with E-state index in [9.17, 15) is 65.9 Å². The molecule has 0 atom stereocenters. The lowest BCUT2D eigenvalue weighted by Gasteiger charge is -2.31. The van der Waals surface area contributed by atoms with E-state index >= 15 is 13.2 Å². The lowest BCUT2D eigenvalue weighted by Crippen LogP contribution is -2.38. The molecule has 78 heavy (non-hydrogen) atoms. The van der Waals surface area contributed by atoms with Crippen LogP contribution in [0.3, 0.4) is 0 Å². The first-order valence-electron chi connectivity index (χ1n) is 27.1. The van der Waals surface area contributed by atoms with Gasteiger partial charge >= 0.3 is 44.4 Å². The number of rotatable bonds is 36. The fraction of sp³-hybridized carbons (Fsp3) is 0.673. The minimum atomic E-state index is -5.65.